The maximum Gasteiger partial charge on any atom is 0.295 e. The molecule has 0 aliphatic carbocycles. The number of carbonyl (C=O) groups is 2. The highest BCUT2D eigenvalue weighted by atomic mass is 16.5. The van der Waals surface area contributed by atoms with Gasteiger partial charge in [-0.15, -0.1) is 0 Å². The number of aromatic nitrogens is 1. The van der Waals surface area contributed by atoms with E-state index in [2.05, 4.69) is 4.98 Å². The number of fused-ring (bicyclic) bond motifs is 1. The van der Waals surface area contributed by atoms with E-state index in [1.165, 1.54) is 4.90 Å². The zero-order chi connectivity index (χ0) is 23.5. The highest BCUT2D eigenvalue weighted by Gasteiger charge is 2.37. The number of aliphatic hydroxyl groups is 1. The summed E-state index contributed by atoms with van der Waals surface area (Å²) in [5, 5.41) is 11.7. The van der Waals surface area contributed by atoms with Crippen molar-refractivity contribution in [1.82, 2.24) is 9.88 Å². The van der Waals surface area contributed by atoms with Crippen LogP contribution in [0, 0.1) is 0 Å². The molecule has 3 aromatic carbocycles. The second kappa shape index (κ2) is 9.15. The molecule has 172 valence electrons. The summed E-state index contributed by atoms with van der Waals surface area (Å²) in [7, 11) is 0. The van der Waals surface area contributed by atoms with Gasteiger partial charge in [0.15, 0.2) is 0 Å². The summed E-state index contributed by atoms with van der Waals surface area (Å²) in [6, 6.07) is 24.8. The van der Waals surface area contributed by atoms with Crippen LogP contribution in [-0.4, -0.2) is 39.8 Å². The Morgan fingerprint density at radius 2 is 1.62 bits per heavy atom. The van der Waals surface area contributed by atoms with E-state index >= 15 is 0 Å². The van der Waals surface area contributed by atoms with Crippen LogP contribution < -0.4 is 4.74 Å². The summed E-state index contributed by atoms with van der Waals surface area (Å²) >= 11 is 0. The summed E-state index contributed by atoms with van der Waals surface area (Å²) < 4.78 is 5.90. The topological polar surface area (TPSA) is 82.6 Å². The zero-order valence-corrected chi connectivity index (χ0v) is 18.7. The average molecular weight is 455 g/mol. The zero-order valence-electron chi connectivity index (χ0n) is 18.7. The Hall–Kier alpha value is -3.90. The molecule has 0 saturated carbocycles. The van der Waals surface area contributed by atoms with Gasteiger partial charge in [0.05, 0.1) is 11.2 Å². The van der Waals surface area contributed by atoms with Crippen LogP contribution in [0.5, 0.6) is 5.75 Å². The number of carbonyl (C=O) groups excluding carboxylic acids is 2. The Morgan fingerprint density at radius 3 is 2.32 bits per heavy atom. The van der Waals surface area contributed by atoms with Crippen molar-refractivity contribution >= 4 is 22.6 Å². The fraction of sp³-hybridized carbons (Fsp3) is 0.214. The fourth-order valence-electron chi connectivity index (χ4n) is 4.49. The molecule has 0 unspecified atom stereocenters. The monoisotopic (exact) mass is 454 g/mol. The van der Waals surface area contributed by atoms with Crippen molar-refractivity contribution in [3.8, 4) is 5.75 Å². The number of benzene rings is 3. The molecule has 1 aliphatic rings. The number of piperidine rings is 1. The number of amides is 1. The second-order valence-corrected chi connectivity index (χ2v) is 8.70. The largest absolute Gasteiger partial charge is 0.489 e. The van der Waals surface area contributed by atoms with Crippen LogP contribution in [0.4, 0.5) is 0 Å². The van der Waals surface area contributed by atoms with Gasteiger partial charge in [-0.3, -0.25) is 9.59 Å². The maximum atomic E-state index is 13.1. The van der Waals surface area contributed by atoms with E-state index in [0.29, 0.717) is 49.2 Å². The third-order valence-electron chi connectivity index (χ3n) is 6.53. The first-order chi connectivity index (χ1) is 16.5. The number of ketones is 1. The molecule has 0 bridgehead atoms. The molecule has 1 aromatic heterocycles. The molecule has 2 N–H and O–H groups in total. The number of hydrogen-bond donors (Lipinski definition) is 2. The van der Waals surface area contributed by atoms with Gasteiger partial charge in [0.25, 0.3) is 11.7 Å². The third kappa shape index (κ3) is 4.32. The van der Waals surface area contributed by atoms with Crippen molar-refractivity contribution in [1.29, 1.82) is 0 Å². The summed E-state index contributed by atoms with van der Waals surface area (Å²) in [6.07, 6.45) is 2.36. The molecule has 4 aromatic rings. The molecule has 2 heterocycles. The van der Waals surface area contributed by atoms with Gasteiger partial charge >= 0.3 is 0 Å². The minimum atomic E-state index is -0.979. The van der Waals surface area contributed by atoms with Crippen molar-refractivity contribution in [2.24, 2.45) is 0 Å². The van der Waals surface area contributed by atoms with Crippen LogP contribution in [0.1, 0.15) is 34.3 Å². The lowest BCUT2D eigenvalue weighted by atomic mass is 9.84. The predicted molar refractivity (Wildman–Crippen MR) is 130 cm³/mol. The van der Waals surface area contributed by atoms with Gasteiger partial charge in [-0.05, 0) is 42.2 Å². The van der Waals surface area contributed by atoms with Crippen molar-refractivity contribution in [2.45, 2.75) is 25.0 Å². The minimum absolute atomic E-state index is 0.323. The van der Waals surface area contributed by atoms with Crippen LogP contribution in [0.25, 0.3) is 10.9 Å². The van der Waals surface area contributed by atoms with Crippen LogP contribution in [0.2, 0.25) is 0 Å². The average Bonchev–Trinajstić information content (AvgIpc) is 3.31. The number of nitrogens with zero attached hydrogens (tertiary/aromatic N) is 1. The Bertz CT molecular complexity index is 1310. The Morgan fingerprint density at radius 1 is 0.941 bits per heavy atom. The molecule has 6 heteroatoms. The molecule has 1 saturated heterocycles. The Kier molecular flexibility index (Phi) is 5.90. The van der Waals surface area contributed by atoms with Crippen LogP contribution in [0.15, 0.2) is 85.1 Å². The molecular weight excluding hydrogens is 428 g/mol. The quantitative estimate of drug-likeness (QED) is 0.333. The van der Waals surface area contributed by atoms with Crippen molar-refractivity contribution in [2.75, 3.05) is 13.1 Å². The molecule has 5 rings (SSSR count). The lowest BCUT2D eigenvalue weighted by Crippen LogP contribution is -2.47. The molecule has 0 atom stereocenters. The molecule has 34 heavy (non-hydrogen) atoms. The number of Topliss-reactive ketones (excluding diaryl/α,β-unsaturated/α-hetero) is 1. The van der Waals surface area contributed by atoms with Crippen LogP contribution >= 0.6 is 0 Å². The number of nitrogens with one attached hydrogen (secondary N) is 1. The van der Waals surface area contributed by atoms with E-state index in [1.54, 1.807) is 12.3 Å². The van der Waals surface area contributed by atoms with Gasteiger partial charge in [0.2, 0.25) is 0 Å². The third-order valence-corrected chi connectivity index (χ3v) is 6.53. The van der Waals surface area contributed by atoms with Gasteiger partial charge in [-0.25, -0.2) is 0 Å². The van der Waals surface area contributed by atoms with E-state index < -0.39 is 17.3 Å². The van der Waals surface area contributed by atoms with E-state index in [4.69, 9.17) is 4.74 Å². The molecular formula is C28H26N2O4. The van der Waals surface area contributed by atoms with E-state index in [9.17, 15) is 14.7 Å². The highest BCUT2D eigenvalue weighted by Crippen LogP contribution is 2.33. The van der Waals surface area contributed by atoms with Crippen molar-refractivity contribution in [3.63, 3.8) is 0 Å². The number of likely N-dealkylation sites (tertiary alicyclic amines) is 1. The molecule has 0 radical (unpaired) electrons. The maximum absolute atomic E-state index is 13.1. The van der Waals surface area contributed by atoms with E-state index in [-0.39, 0.29) is 0 Å². The van der Waals surface area contributed by atoms with Gasteiger partial charge in [-0.1, -0.05) is 60.7 Å². The van der Waals surface area contributed by atoms with Gasteiger partial charge in [0.1, 0.15) is 12.4 Å². The fourth-order valence-corrected chi connectivity index (χ4v) is 4.49. The van der Waals surface area contributed by atoms with Gasteiger partial charge < -0.3 is 19.7 Å². The van der Waals surface area contributed by atoms with E-state index in [1.807, 2.05) is 72.8 Å². The summed E-state index contributed by atoms with van der Waals surface area (Å²) in [5.74, 6) is -0.480. The Balaban J connectivity index is 1.29. The number of aromatic amines is 1. The highest BCUT2D eigenvalue weighted by molar-refractivity contribution is 6.44. The first-order valence-electron chi connectivity index (χ1n) is 11.4. The number of hydrogen-bond acceptors (Lipinski definition) is 4. The predicted octanol–water partition coefficient (Wildman–Crippen LogP) is 4.44. The molecule has 1 amide bonds. The minimum Gasteiger partial charge on any atom is -0.489 e. The molecule has 6 nitrogen and oxygen atoms in total. The second-order valence-electron chi connectivity index (χ2n) is 8.70. The summed E-state index contributed by atoms with van der Waals surface area (Å²) in [6.45, 7) is 1.06. The van der Waals surface area contributed by atoms with Crippen LogP contribution in [0.3, 0.4) is 0 Å². The lowest BCUT2D eigenvalue weighted by molar-refractivity contribution is -0.130. The summed E-state index contributed by atoms with van der Waals surface area (Å²) in [5.41, 5.74) is 2.00. The van der Waals surface area contributed by atoms with Crippen molar-refractivity contribution in [3.05, 3.63) is 102 Å². The first kappa shape index (κ1) is 21.9. The first-order valence-corrected chi connectivity index (χ1v) is 11.4. The summed E-state index contributed by atoms with van der Waals surface area (Å²) in [4.78, 5) is 30.8. The number of H-pyrrole nitrogens is 1. The van der Waals surface area contributed by atoms with E-state index in [0.717, 1.165) is 16.6 Å². The normalized spacial score (nSPS) is 15.3. The SMILES string of the molecule is O=C(C(=O)N1CCC(O)(c2ccccc2)CC1)c1c[nH]c2ccc(OCc3ccccc3)cc12. The number of rotatable bonds is 6. The molecule has 1 aliphatic heterocycles. The van der Waals surface area contributed by atoms with Crippen molar-refractivity contribution < 1.29 is 19.4 Å². The number of ether oxygens (including phenoxy) is 1. The standard InChI is InChI=1S/C28H26N2O4/c31-26(27(32)30-15-13-28(33,14-16-30)21-9-5-2-6-10-21)24-18-29-25-12-11-22(17-23(24)25)34-19-20-7-3-1-4-8-20/h1-12,17-18,29,33H,13-16,19H2. The van der Waals surface area contributed by atoms with Gasteiger partial charge in [-0.2, -0.15) is 0 Å². The lowest BCUT2D eigenvalue weighted by Gasteiger charge is -2.38. The van der Waals surface area contributed by atoms with Crippen LogP contribution in [-0.2, 0) is 17.0 Å². The molecule has 1 fully saturated rings. The molecule has 0 spiro atoms. The smallest absolute Gasteiger partial charge is 0.295 e. The van der Waals surface area contributed by atoms with Gasteiger partial charge in [0, 0.05) is 30.2 Å². The Labute approximate surface area is 197 Å².